The molecule has 3 aromatic rings. The highest BCUT2D eigenvalue weighted by Gasteiger charge is 2.18. The number of carboxylic acids is 1. The fraction of sp³-hybridized carbons (Fsp3) is 0.318. The van der Waals surface area contributed by atoms with Crippen molar-refractivity contribution in [1.82, 2.24) is 14.8 Å². The number of aryl methyl sites for hydroxylation is 2. The van der Waals surface area contributed by atoms with Gasteiger partial charge in [0.1, 0.15) is 5.15 Å². The molecule has 1 aromatic carbocycles. The lowest BCUT2D eigenvalue weighted by Gasteiger charge is -2.13. The molecule has 0 spiro atoms. The Kier molecular flexibility index (Phi) is 6.75. The number of hydrogen-bond donors (Lipinski definition) is 1. The minimum atomic E-state index is -0.963. The Hall–Kier alpha value is -2.18. The summed E-state index contributed by atoms with van der Waals surface area (Å²) in [6.07, 6.45) is 4.85. The first-order chi connectivity index (χ1) is 13.8. The summed E-state index contributed by atoms with van der Waals surface area (Å²) in [5.41, 5.74) is 5.06. The van der Waals surface area contributed by atoms with E-state index in [4.69, 9.17) is 11.6 Å². The van der Waals surface area contributed by atoms with E-state index in [-0.39, 0.29) is 5.56 Å². The first-order valence-electron chi connectivity index (χ1n) is 9.42. The van der Waals surface area contributed by atoms with Crippen LogP contribution in [-0.4, -0.2) is 25.8 Å². The van der Waals surface area contributed by atoms with Gasteiger partial charge in [-0.2, -0.15) is 5.10 Å². The standard InChI is InChI=1S/C22H23BrClN3O2/c1-13(2)6-7-27-12-16(11-25-27)17-4-5-20(24)26-21(17)15-8-14(3)19(10-23)18(9-15)22(28)29/h4-5,8-9,11-13H,6-7,10H2,1-3H3,(H,28,29). The number of carboxylic acid groups (broad SMARTS) is 1. The van der Waals surface area contributed by atoms with Crippen LogP contribution in [0.15, 0.2) is 36.7 Å². The van der Waals surface area contributed by atoms with E-state index in [2.05, 4.69) is 39.9 Å². The number of aromatic carboxylic acids is 1. The summed E-state index contributed by atoms with van der Waals surface area (Å²) in [5, 5.41) is 15.0. The van der Waals surface area contributed by atoms with Crippen LogP contribution in [0.1, 0.15) is 41.8 Å². The lowest BCUT2D eigenvalue weighted by molar-refractivity contribution is 0.0696. The van der Waals surface area contributed by atoms with Gasteiger partial charge in [-0.05, 0) is 54.7 Å². The zero-order chi connectivity index (χ0) is 21.1. The van der Waals surface area contributed by atoms with Crippen LogP contribution in [0.25, 0.3) is 22.4 Å². The van der Waals surface area contributed by atoms with Crippen LogP contribution >= 0.6 is 27.5 Å². The fourth-order valence-corrected chi connectivity index (χ4v) is 4.12. The third-order valence-corrected chi connectivity index (χ3v) is 5.62. The summed E-state index contributed by atoms with van der Waals surface area (Å²) >= 11 is 9.58. The molecule has 29 heavy (non-hydrogen) atoms. The molecular formula is C22H23BrClN3O2. The second-order valence-electron chi connectivity index (χ2n) is 7.46. The number of aromatic nitrogens is 3. The molecule has 2 heterocycles. The predicted octanol–water partition coefficient (Wildman–Crippen LogP) is 6.21. The first-order valence-corrected chi connectivity index (χ1v) is 10.9. The molecule has 0 aliphatic rings. The van der Waals surface area contributed by atoms with Crippen LogP contribution in [0, 0.1) is 12.8 Å². The largest absolute Gasteiger partial charge is 0.478 e. The molecule has 0 aliphatic heterocycles. The van der Waals surface area contributed by atoms with Crippen LogP contribution in [0.2, 0.25) is 5.15 Å². The normalized spacial score (nSPS) is 11.2. The van der Waals surface area contributed by atoms with Crippen molar-refractivity contribution in [2.24, 2.45) is 5.92 Å². The molecule has 7 heteroatoms. The van der Waals surface area contributed by atoms with Gasteiger partial charge in [-0.25, -0.2) is 9.78 Å². The monoisotopic (exact) mass is 475 g/mol. The lowest BCUT2D eigenvalue weighted by Crippen LogP contribution is -2.04. The molecule has 1 N–H and O–H groups in total. The molecule has 3 rings (SSSR count). The van der Waals surface area contributed by atoms with E-state index in [0.29, 0.717) is 22.1 Å². The molecule has 152 valence electrons. The number of nitrogens with zero attached hydrogens (tertiary/aromatic N) is 3. The molecule has 0 atom stereocenters. The number of pyridine rings is 1. The van der Waals surface area contributed by atoms with E-state index < -0.39 is 5.97 Å². The molecule has 0 saturated heterocycles. The topological polar surface area (TPSA) is 68.0 Å². The van der Waals surface area contributed by atoms with E-state index in [0.717, 1.165) is 40.8 Å². The fourth-order valence-electron chi connectivity index (χ4n) is 3.23. The molecule has 0 aliphatic carbocycles. The minimum Gasteiger partial charge on any atom is -0.478 e. The van der Waals surface area contributed by atoms with E-state index in [1.807, 2.05) is 36.1 Å². The number of hydrogen-bond acceptors (Lipinski definition) is 3. The average molecular weight is 477 g/mol. The summed E-state index contributed by atoms with van der Waals surface area (Å²) in [5.74, 6) is -0.366. The van der Waals surface area contributed by atoms with Gasteiger partial charge in [0, 0.05) is 34.8 Å². The van der Waals surface area contributed by atoms with Gasteiger partial charge in [-0.1, -0.05) is 41.4 Å². The summed E-state index contributed by atoms with van der Waals surface area (Å²) in [4.78, 5) is 16.3. The van der Waals surface area contributed by atoms with Gasteiger partial charge >= 0.3 is 5.97 Å². The van der Waals surface area contributed by atoms with E-state index in [9.17, 15) is 9.90 Å². The molecule has 0 saturated carbocycles. The van der Waals surface area contributed by atoms with Crippen molar-refractivity contribution in [1.29, 1.82) is 0 Å². The van der Waals surface area contributed by atoms with Gasteiger partial charge in [0.2, 0.25) is 0 Å². The van der Waals surface area contributed by atoms with Crippen LogP contribution in [0.3, 0.4) is 0 Å². The number of alkyl halides is 1. The quantitative estimate of drug-likeness (QED) is 0.325. The van der Waals surface area contributed by atoms with E-state index in [1.165, 1.54) is 0 Å². The van der Waals surface area contributed by atoms with Crippen molar-refractivity contribution in [2.45, 2.75) is 39.1 Å². The van der Waals surface area contributed by atoms with Crippen molar-refractivity contribution in [3.8, 4) is 22.4 Å². The van der Waals surface area contributed by atoms with Gasteiger partial charge in [0.15, 0.2) is 0 Å². The molecule has 0 unspecified atom stereocenters. The van der Waals surface area contributed by atoms with Crippen molar-refractivity contribution >= 4 is 33.5 Å². The Bertz CT molecular complexity index is 1050. The number of benzene rings is 1. The second-order valence-corrected chi connectivity index (χ2v) is 8.41. The predicted molar refractivity (Wildman–Crippen MR) is 120 cm³/mol. The Labute approximate surface area is 183 Å². The van der Waals surface area contributed by atoms with Gasteiger partial charge in [-0.3, -0.25) is 4.68 Å². The number of carbonyl (C=O) groups is 1. The Morgan fingerprint density at radius 3 is 2.69 bits per heavy atom. The first kappa shape index (κ1) is 21.5. The minimum absolute atomic E-state index is 0.261. The molecule has 5 nitrogen and oxygen atoms in total. The summed E-state index contributed by atoms with van der Waals surface area (Å²) in [6.45, 7) is 7.12. The van der Waals surface area contributed by atoms with Crippen molar-refractivity contribution in [3.05, 3.63) is 58.5 Å². The highest BCUT2D eigenvalue weighted by atomic mass is 79.9. The summed E-state index contributed by atoms with van der Waals surface area (Å²) < 4.78 is 1.93. The number of halogens is 2. The number of rotatable bonds is 7. The third kappa shape index (κ3) is 4.87. The van der Waals surface area contributed by atoms with Crippen molar-refractivity contribution in [3.63, 3.8) is 0 Å². The van der Waals surface area contributed by atoms with Crippen LogP contribution in [-0.2, 0) is 11.9 Å². The van der Waals surface area contributed by atoms with Crippen LogP contribution in [0.4, 0.5) is 0 Å². The van der Waals surface area contributed by atoms with Crippen molar-refractivity contribution in [2.75, 3.05) is 0 Å². The van der Waals surface area contributed by atoms with Crippen LogP contribution in [0.5, 0.6) is 0 Å². The third-order valence-electron chi connectivity index (χ3n) is 4.85. The lowest BCUT2D eigenvalue weighted by atomic mass is 9.95. The Morgan fingerprint density at radius 1 is 1.28 bits per heavy atom. The maximum Gasteiger partial charge on any atom is 0.336 e. The summed E-state index contributed by atoms with van der Waals surface area (Å²) in [7, 11) is 0. The molecule has 0 radical (unpaired) electrons. The Morgan fingerprint density at radius 2 is 2.03 bits per heavy atom. The maximum atomic E-state index is 11.8. The van der Waals surface area contributed by atoms with Gasteiger partial charge in [-0.15, -0.1) is 0 Å². The van der Waals surface area contributed by atoms with E-state index in [1.54, 1.807) is 12.1 Å². The van der Waals surface area contributed by atoms with Gasteiger partial charge < -0.3 is 5.11 Å². The average Bonchev–Trinajstić information content (AvgIpc) is 3.14. The highest BCUT2D eigenvalue weighted by molar-refractivity contribution is 9.08. The zero-order valence-electron chi connectivity index (χ0n) is 16.6. The highest BCUT2D eigenvalue weighted by Crippen LogP contribution is 2.34. The zero-order valence-corrected chi connectivity index (χ0v) is 19.0. The SMILES string of the molecule is Cc1cc(-c2nc(Cl)ccc2-c2cnn(CCC(C)C)c2)cc(C(=O)O)c1CBr. The molecule has 0 bridgehead atoms. The van der Waals surface area contributed by atoms with E-state index >= 15 is 0 Å². The van der Waals surface area contributed by atoms with Gasteiger partial charge in [0.05, 0.1) is 17.5 Å². The van der Waals surface area contributed by atoms with Gasteiger partial charge in [0.25, 0.3) is 0 Å². The molecule has 0 fully saturated rings. The maximum absolute atomic E-state index is 11.8. The molecule has 2 aromatic heterocycles. The Balaban J connectivity index is 2.10. The molecular weight excluding hydrogens is 454 g/mol. The second kappa shape index (κ2) is 9.09. The smallest absolute Gasteiger partial charge is 0.336 e. The summed E-state index contributed by atoms with van der Waals surface area (Å²) in [6, 6.07) is 7.26. The van der Waals surface area contributed by atoms with Crippen molar-refractivity contribution < 1.29 is 9.90 Å². The van der Waals surface area contributed by atoms with Crippen LogP contribution < -0.4 is 0 Å². The molecule has 0 amide bonds.